The first kappa shape index (κ1) is 18.7. The number of hydrogen-bond acceptors (Lipinski definition) is 5. The zero-order valence-electron chi connectivity index (χ0n) is 14.0. The second-order valence-electron chi connectivity index (χ2n) is 5.35. The number of carbonyl (C=O) groups excluding carboxylic acids is 1. The van der Waals surface area contributed by atoms with E-state index < -0.39 is 10.8 Å². The number of carbonyl (C=O) groups is 1. The summed E-state index contributed by atoms with van der Waals surface area (Å²) in [5, 5.41) is 13.4. The van der Waals surface area contributed by atoms with Gasteiger partial charge in [-0.15, -0.1) is 0 Å². The number of aryl methyl sites for hydroxylation is 2. The maximum Gasteiger partial charge on any atom is 0.273 e. The highest BCUT2D eigenvalue weighted by molar-refractivity contribution is 9.10. The summed E-state index contributed by atoms with van der Waals surface area (Å²) in [5.41, 5.74) is 2.04. The van der Waals surface area contributed by atoms with Gasteiger partial charge in [-0.1, -0.05) is 15.9 Å². The predicted octanol–water partition coefficient (Wildman–Crippen LogP) is 4.00. The Morgan fingerprint density at radius 2 is 1.88 bits per heavy atom. The van der Waals surface area contributed by atoms with Crippen molar-refractivity contribution < 1.29 is 19.2 Å². The lowest BCUT2D eigenvalue weighted by molar-refractivity contribution is -0.384. The maximum absolute atomic E-state index is 12.1. The van der Waals surface area contributed by atoms with E-state index in [0.29, 0.717) is 11.4 Å². The third kappa shape index (κ3) is 4.69. The lowest BCUT2D eigenvalue weighted by Gasteiger charge is -2.13. The second kappa shape index (κ2) is 7.98. The summed E-state index contributed by atoms with van der Waals surface area (Å²) in [6.07, 6.45) is 0. The number of nitro groups is 1. The first-order valence-corrected chi connectivity index (χ1v) is 8.13. The Labute approximate surface area is 153 Å². The number of anilines is 1. The van der Waals surface area contributed by atoms with Crippen LogP contribution in [0.4, 0.5) is 11.4 Å². The molecule has 1 amide bonds. The standard InChI is InChI=1S/C17H17BrN2O5/c1-10-6-12(18)7-11(2)17(10)25-9-16(21)19-14-5-4-13(20(22)23)8-15(14)24-3/h4-8H,9H2,1-3H3,(H,19,21). The number of nitrogens with zero attached hydrogens (tertiary/aromatic N) is 1. The molecule has 0 saturated carbocycles. The van der Waals surface area contributed by atoms with E-state index in [2.05, 4.69) is 21.2 Å². The molecule has 2 rings (SSSR count). The maximum atomic E-state index is 12.1. The van der Waals surface area contributed by atoms with Crippen LogP contribution in [0, 0.1) is 24.0 Å². The molecule has 0 aliphatic heterocycles. The van der Waals surface area contributed by atoms with Gasteiger partial charge in [0.15, 0.2) is 6.61 Å². The zero-order chi connectivity index (χ0) is 18.6. The zero-order valence-corrected chi connectivity index (χ0v) is 15.5. The van der Waals surface area contributed by atoms with Crippen molar-refractivity contribution in [2.75, 3.05) is 19.0 Å². The highest BCUT2D eigenvalue weighted by atomic mass is 79.9. The summed E-state index contributed by atoms with van der Waals surface area (Å²) >= 11 is 3.41. The number of amides is 1. The van der Waals surface area contributed by atoms with Crippen LogP contribution in [0.1, 0.15) is 11.1 Å². The van der Waals surface area contributed by atoms with Crippen molar-refractivity contribution in [1.82, 2.24) is 0 Å². The summed E-state index contributed by atoms with van der Waals surface area (Å²) in [5.74, 6) is 0.460. The number of ether oxygens (including phenoxy) is 2. The van der Waals surface area contributed by atoms with Crippen molar-refractivity contribution in [2.24, 2.45) is 0 Å². The molecule has 25 heavy (non-hydrogen) atoms. The van der Waals surface area contributed by atoms with E-state index in [9.17, 15) is 14.9 Å². The van der Waals surface area contributed by atoms with Crippen molar-refractivity contribution in [3.05, 3.63) is 56.0 Å². The lowest BCUT2D eigenvalue weighted by Crippen LogP contribution is -2.21. The second-order valence-corrected chi connectivity index (χ2v) is 6.26. The first-order chi connectivity index (χ1) is 11.8. The van der Waals surface area contributed by atoms with E-state index in [1.165, 1.54) is 25.3 Å². The van der Waals surface area contributed by atoms with Crippen LogP contribution in [-0.2, 0) is 4.79 Å². The van der Waals surface area contributed by atoms with Gasteiger partial charge in [-0.05, 0) is 43.2 Å². The Morgan fingerprint density at radius 3 is 2.44 bits per heavy atom. The molecule has 0 saturated heterocycles. The topological polar surface area (TPSA) is 90.7 Å². The molecule has 132 valence electrons. The number of halogens is 1. The van der Waals surface area contributed by atoms with Crippen molar-refractivity contribution >= 4 is 33.2 Å². The molecule has 8 heteroatoms. The van der Waals surface area contributed by atoms with Crippen molar-refractivity contribution in [3.8, 4) is 11.5 Å². The molecule has 0 radical (unpaired) electrons. The smallest absolute Gasteiger partial charge is 0.273 e. The minimum absolute atomic E-state index is 0.118. The molecule has 0 aliphatic carbocycles. The molecule has 0 aliphatic rings. The van der Waals surface area contributed by atoms with Crippen LogP contribution in [-0.4, -0.2) is 24.5 Å². The van der Waals surface area contributed by atoms with Crippen LogP contribution in [0.5, 0.6) is 11.5 Å². The van der Waals surface area contributed by atoms with Crippen LogP contribution in [0.2, 0.25) is 0 Å². The molecule has 0 atom stereocenters. The van der Waals surface area contributed by atoms with E-state index >= 15 is 0 Å². The summed E-state index contributed by atoms with van der Waals surface area (Å²) in [6.45, 7) is 3.60. The average Bonchev–Trinajstić information content (AvgIpc) is 2.53. The molecular formula is C17H17BrN2O5. The summed E-state index contributed by atoms with van der Waals surface area (Å²) in [6, 6.07) is 7.77. The minimum Gasteiger partial charge on any atom is -0.494 e. The third-order valence-corrected chi connectivity index (χ3v) is 3.90. The fraction of sp³-hybridized carbons (Fsp3) is 0.235. The quantitative estimate of drug-likeness (QED) is 0.575. The van der Waals surface area contributed by atoms with Gasteiger partial charge in [-0.3, -0.25) is 14.9 Å². The molecule has 0 aromatic heterocycles. The summed E-state index contributed by atoms with van der Waals surface area (Å²) < 4.78 is 11.6. The molecule has 7 nitrogen and oxygen atoms in total. The molecule has 0 fully saturated rings. The number of nitrogens with one attached hydrogen (secondary N) is 1. The molecule has 0 spiro atoms. The Balaban J connectivity index is 2.07. The SMILES string of the molecule is COc1cc([N+](=O)[O-])ccc1NC(=O)COc1c(C)cc(Br)cc1C. The highest BCUT2D eigenvalue weighted by Gasteiger charge is 2.14. The van der Waals surface area contributed by atoms with Gasteiger partial charge in [-0.2, -0.15) is 0 Å². The minimum atomic E-state index is -0.531. The Hall–Kier alpha value is -2.61. The van der Waals surface area contributed by atoms with Crippen molar-refractivity contribution in [1.29, 1.82) is 0 Å². The van der Waals surface area contributed by atoms with E-state index in [4.69, 9.17) is 9.47 Å². The van der Waals surface area contributed by atoms with E-state index in [1.54, 1.807) is 0 Å². The van der Waals surface area contributed by atoms with Gasteiger partial charge < -0.3 is 14.8 Å². The molecule has 0 heterocycles. The van der Waals surface area contributed by atoms with Gasteiger partial charge in [0, 0.05) is 10.5 Å². The van der Waals surface area contributed by atoms with Gasteiger partial charge in [0.05, 0.1) is 23.8 Å². The molecule has 2 aromatic rings. The van der Waals surface area contributed by atoms with Crippen LogP contribution in [0.15, 0.2) is 34.8 Å². The lowest BCUT2D eigenvalue weighted by atomic mass is 10.1. The normalized spacial score (nSPS) is 10.2. The summed E-state index contributed by atoms with van der Waals surface area (Å²) in [4.78, 5) is 22.4. The number of benzene rings is 2. The Kier molecular flexibility index (Phi) is 5.97. The monoisotopic (exact) mass is 408 g/mol. The van der Waals surface area contributed by atoms with Crippen molar-refractivity contribution in [2.45, 2.75) is 13.8 Å². The van der Waals surface area contributed by atoms with E-state index in [-0.39, 0.29) is 18.0 Å². The molecule has 0 bridgehead atoms. The number of rotatable bonds is 6. The molecule has 1 N–H and O–H groups in total. The van der Waals surface area contributed by atoms with Gasteiger partial charge in [-0.25, -0.2) is 0 Å². The predicted molar refractivity (Wildman–Crippen MR) is 97.4 cm³/mol. The van der Waals surface area contributed by atoms with E-state index in [1.807, 2.05) is 26.0 Å². The number of methoxy groups -OCH3 is 1. The number of nitro benzene ring substituents is 1. The highest BCUT2D eigenvalue weighted by Crippen LogP contribution is 2.29. The number of hydrogen-bond donors (Lipinski definition) is 1. The van der Waals surface area contributed by atoms with Gasteiger partial charge in [0.2, 0.25) is 0 Å². The van der Waals surface area contributed by atoms with Gasteiger partial charge >= 0.3 is 0 Å². The van der Waals surface area contributed by atoms with Crippen molar-refractivity contribution in [3.63, 3.8) is 0 Å². The fourth-order valence-corrected chi connectivity index (χ4v) is 3.03. The van der Waals surface area contributed by atoms with Gasteiger partial charge in [0.1, 0.15) is 11.5 Å². The molecular weight excluding hydrogens is 392 g/mol. The van der Waals surface area contributed by atoms with Crippen LogP contribution in [0.3, 0.4) is 0 Å². The van der Waals surface area contributed by atoms with Gasteiger partial charge in [0.25, 0.3) is 11.6 Å². The van der Waals surface area contributed by atoms with E-state index in [0.717, 1.165) is 15.6 Å². The Morgan fingerprint density at radius 1 is 1.24 bits per heavy atom. The molecule has 0 unspecified atom stereocenters. The third-order valence-electron chi connectivity index (χ3n) is 3.44. The average molecular weight is 409 g/mol. The number of non-ortho nitro benzene ring substituents is 1. The Bertz CT molecular complexity index is 800. The largest absolute Gasteiger partial charge is 0.494 e. The first-order valence-electron chi connectivity index (χ1n) is 7.33. The van der Waals surface area contributed by atoms with Crippen LogP contribution in [0.25, 0.3) is 0 Å². The summed E-state index contributed by atoms with van der Waals surface area (Å²) in [7, 11) is 1.37. The fourth-order valence-electron chi connectivity index (χ4n) is 2.35. The molecule has 2 aromatic carbocycles. The van der Waals surface area contributed by atoms with Crippen LogP contribution < -0.4 is 14.8 Å². The van der Waals surface area contributed by atoms with Crippen LogP contribution >= 0.6 is 15.9 Å².